The van der Waals surface area contributed by atoms with Crippen molar-refractivity contribution in [3.63, 3.8) is 0 Å². The van der Waals surface area contributed by atoms with E-state index in [1.165, 1.54) is 11.1 Å². The topological polar surface area (TPSA) is 126 Å². The van der Waals surface area contributed by atoms with Crippen LogP contribution in [0.3, 0.4) is 0 Å². The van der Waals surface area contributed by atoms with Gasteiger partial charge in [-0.2, -0.15) is 5.26 Å². The Bertz CT molecular complexity index is 1210. The molecule has 1 amide bonds. The number of amides is 1. The fraction of sp³-hybridized carbons (Fsp3) is 0.0526. The Morgan fingerprint density at radius 2 is 1.79 bits per heavy atom. The standard InChI is InChI=1S/C19H14N8O/c1-26(14-4-2-12(6-20)3-5-14)18(28)15-11-27-16(9-23-17(27)10-22-15)13-7-24-19(21)25-8-13/h2-5,7-11H,1H3,(H2,21,24,25). The number of fused-ring (bicyclic) bond motifs is 1. The van der Waals surface area contributed by atoms with Crippen LogP contribution < -0.4 is 10.6 Å². The SMILES string of the molecule is CN(C(=O)c1cn2c(-c3cnc(N)nc3)cnc2cn1)c1ccc(C#N)cc1. The van der Waals surface area contributed by atoms with Crippen LogP contribution in [-0.2, 0) is 0 Å². The number of anilines is 2. The number of nitrogens with two attached hydrogens (primary N) is 1. The van der Waals surface area contributed by atoms with Crippen molar-refractivity contribution in [1.29, 1.82) is 5.26 Å². The maximum atomic E-state index is 12.9. The molecule has 3 aromatic heterocycles. The number of benzene rings is 1. The molecule has 0 atom stereocenters. The third-order valence-electron chi connectivity index (χ3n) is 4.27. The second kappa shape index (κ2) is 6.77. The molecular formula is C19H14N8O. The molecule has 0 spiro atoms. The van der Waals surface area contributed by atoms with E-state index in [4.69, 9.17) is 11.0 Å². The number of aromatic nitrogens is 5. The average Bonchev–Trinajstić information content (AvgIpc) is 3.16. The molecule has 0 aliphatic carbocycles. The van der Waals surface area contributed by atoms with Crippen molar-refractivity contribution in [3.8, 4) is 17.3 Å². The van der Waals surface area contributed by atoms with Crippen molar-refractivity contribution < 1.29 is 4.79 Å². The summed E-state index contributed by atoms with van der Waals surface area (Å²) in [6, 6.07) is 8.79. The summed E-state index contributed by atoms with van der Waals surface area (Å²) in [5.74, 6) is -0.112. The molecule has 9 heteroatoms. The molecule has 4 rings (SSSR count). The van der Waals surface area contributed by atoms with Crippen LogP contribution in [0.4, 0.5) is 11.6 Å². The first-order chi connectivity index (χ1) is 13.6. The lowest BCUT2D eigenvalue weighted by Crippen LogP contribution is -2.27. The van der Waals surface area contributed by atoms with E-state index in [1.54, 1.807) is 60.5 Å². The van der Waals surface area contributed by atoms with Crippen LogP contribution >= 0.6 is 0 Å². The molecule has 0 radical (unpaired) electrons. The van der Waals surface area contributed by atoms with E-state index in [-0.39, 0.29) is 17.5 Å². The predicted octanol–water partition coefficient (Wildman–Crippen LogP) is 1.92. The van der Waals surface area contributed by atoms with Crippen LogP contribution in [0.2, 0.25) is 0 Å². The molecule has 0 bridgehead atoms. The summed E-state index contributed by atoms with van der Waals surface area (Å²) in [4.78, 5) is 30.9. The zero-order chi connectivity index (χ0) is 19.7. The number of carbonyl (C=O) groups excluding carboxylic acids is 1. The molecule has 9 nitrogen and oxygen atoms in total. The highest BCUT2D eigenvalue weighted by molar-refractivity contribution is 6.04. The Balaban J connectivity index is 1.70. The molecule has 2 N–H and O–H groups in total. The molecule has 0 saturated heterocycles. The highest BCUT2D eigenvalue weighted by atomic mass is 16.2. The monoisotopic (exact) mass is 370 g/mol. The Morgan fingerprint density at radius 1 is 1.07 bits per heavy atom. The fourth-order valence-electron chi connectivity index (χ4n) is 2.73. The molecule has 3 heterocycles. The maximum absolute atomic E-state index is 12.9. The highest BCUT2D eigenvalue weighted by Crippen LogP contribution is 2.21. The van der Waals surface area contributed by atoms with Crippen molar-refractivity contribution >= 4 is 23.2 Å². The van der Waals surface area contributed by atoms with Crippen molar-refractivity contribution in [2.75, 3.05) is 17.7 Å². The lowest BCUT2D eigenvalue weighted by atomic mass is 10.2. The van der Waals surface area contributed by atoms with Crippen molar-refractivity contribution in [2.45, 2.75) is 0 Å². The van der Waals surface area contributed by atoms with Crippen LogP contribution in [0.1, 0.15) is 16.1 Å². The van der Waals surface area contributed by atoms with Gasteiger partial charge in [0.25, 0.3) is 5.91 Å². The summed E-state index contributed by atoms with van der Waals surface area (Å²) in [6.45, 7) is 0. The second-order valence-corrected chi connectivity index (χ2v) is 6.00. The van der Waals surface area contributed by atoms with E-state index >= 15 is 0 Å². The van der Waals surface area contributed by atoms with Gasteiger partial charge in [-0.05, 0) is 24.3 Å². The van der Waals surface area contributed by atoms with Gasteiger partial charge in [0.2, 0.25) is 5.95 Å². The summed E-state index contributed by atoms with van der Waals surface area (Å²) in [7, 11) is 1.65. The van der Waals surface area contributed by atoms with Gasteiger partial charge in [0, 0.05) is 36.9 Å². The van der Waals surface area contributed by atoms with Gasteiger partial charge in [0.15, 0.2) is 5.65 Å². The maximum Gasteiger partial charge on any atom is 0.278 e. The predicted molar refractivity (Wildman–Crippen MR) is 102 cm³/mol. The zero-order valence-electron chi connectivity index (χ0n) is 14.8. The smallest absolute Gasteiger partial charge is 0.278 e. The third-order valence-corrected chi connectivity index (χ3v) is 4.27. The summed E-state index contributed by atoms with van der Waals surface area (Å²) in [5, 5.41) is 8.90. The van der Waals surface area contributed by atoms with Gasteiger partial charge in [-0.3, -0.25) is 9.20 Å². The van der Waals surface area contributed by atoms with Crippen LogP contribution in [0.15, 0.2) is 55.2 Å². The van der Waals surface area contributed by atoms with Gasteiger partial charge in [0.1, 0.15) is 5.69 Å². The number of hydrogen-bond acceptors (Lipinski definition) is 7. The number of nitrogens with zero attached hydrogens (tertiary/aromatic N) is 7. The summed E-state index contributed by atoms with van der Waals surface area (Å²) in [5.41, 5.74) is 8.99. The average molecular weight is 370 g/mol. The van der Waals surface area contributed by atoms with E-state index in [0.29, 0.717) is 28.2 Å². The van der Waals surface area contributed by atoms with Crippen LogP contribution in [-0.4, -0.2) is 37.3 Å². The largest absolute Gasteiger partial charge is 0.368 e. The minimum absolute atomic E-state index is 0.180. The van der Waals surface area contributed by atoms with E-state index in [0.717, 1.165) is 0 Å². The normalized spacial score (nSPS) is 10.6. The van der Waals surface area contributed by atoms with E-state index in [2.05, 4.69) is 26.0 Å². The van der Waals surface area contributed by atoms with Gasteiger partial charge < -0.3 is 10.6 Å². The molecule has 0 saturated carbocycles. The quantitative estimate of drug-likeness (QED) is 0.584. The molecule has 136 valence electrons. The second-order valence-electron chi connectivity index (χ2n) is 6.00. The molecular weight excluding hydrogens is 356 g/mol. The fourth-order valence-corrected chi connectivity index (χ4v) is 2.73. The van der Waals surface area contributed by atoms with Crippen molar-refractivity contribution in [2.24, 2.45) is 0 Å². The number of hydrogen-bond donors (Lipinski definition) is 1. The van der Waals surface area contributed by atoms with Gasteiger partial charge in [-0.1, -0.05) is 0 Å². The Kier molecular flexibility index (Phi) is 4.14. The number of imidazole rings is 1. The molecule has 28 heavy (non-hydrogen) atoms. The summed E-state index contributed by atoms with van der Waals surface area (Å²) >= 11 is 0. The highest BCUT2D eigenvalue weighted by Gasteiger charge is 2.17. The molecule has 0 fully saturated rings. The number of rotatable bonds is 3. The third kappa shape index (κ3) is 2.99. The van der Waals surface area contributed by atoms with Gasteiger partial charge in [-0.25, -0.2) is 19.9 Å². The Morgan fingerprint density at radius 3 is 2.46 bits per heavy atom. The van der Waals surface area contributed by atoms with E-state index in [1.807, 2.05) is 0 Å². The van der Waals surface area contributed by atoms with Gasteiger partial charge in [0.05, 0.1) is 29.7 Å². The number of nitrogen functional groups attached to an aromatic ring is 1. The molecule has 0 unspecified atom stereocenters. The Labute approximate surface area is 159 Å². The molecule has 0 aliphatic rings. The lowest BCUT2D eigenvalue weighted by Gasteiger charge is -2.17. The minimum atomic E-state index is -0.292. The molecule has 1 aromatic carbocycles. The molecule has 0 aliphatic heterocycles. The van der Waals surface area contributed by atoms with E-state index < -0.39 is 0 Å². The first-order valence-corrected chi connectivity index (χ1v) is 8.26. The van der Waals surface area contributed by atoms with Crippen molar-refractivity contribution in [3.05, 3.63) is 66.5 Å². The van der Waals surface area contributed by atoms with E-state index in [9.17, 15) is 4.79 Å². The van der Waals surface area contributed by atoms with Gasteiger partial charge in [-0.15, -0.1) is 0 Å². The minimum Gasteiger partial charge on any atom is -0.368 e. The van der Waals surface area contributed by atoms with Crippen LogP contribution in [0.25, 0.3) is 16.9 Å². The first-order valence-electron chi connectivity index (χ1n) is 8.26. The lowest BCUT2D eigenvalue weighted by molar-refractivity contribution is 0.0988. The summed E-state index contributed by atoms with van der Waals surface area (Å²) < 4.78 is 1.75. The van der Waals surface area contributed by atoms with Crippen LogP contribution in [0.5, 0.6) is 0 Å². The van der Waals surface area contributed by atoms with Crippen LogP contribution in [0, 0.1) is 11.3 Å². The Hall–Kier alpha value is -4.32. The number of carbonyl (C=O) groups is 1. The van der Waals surface area contributed by atoms with Gasteiger partial charge >= 0.3 is 0 Å². The molecule has 4 aromatic rings. The summed E-state index contributed by atoms with van der Waals surface area (Å²) in [6.07, 6.45) is 8.00. The number of nitriles is 1. The zero-order valence-corrected chi connectivity index (χ0v) is 14.8. The first kappa shape index (κ1) is 17.1. The van der Waals surface area contributed by atoms with Crippen molar-refractivity contribution in [1.82, 2.24) is 24.3 Å².